The maximum Gasteiger partial charge on any atom is 0.407 e. The summed E-state index contributed by atoms with van der Waals surface area (Å²) in [4.78, 5) is 71.0. The predicted octanol–water partition coefficient (Wildman–Crippen LogP) is 3.75. The summed E-state index contributed by atoms with van der Waals surface area (Å²) in [6, 6.07) is 4.76. The van der Waals surface area contributed by atoms with Crippen molar-refractivity contribution >= 4 is 56.7 Å². The standard InChI is InChI=1S/C39H54N6O8S/c1-8-24-20-39(24,35(49)43-54(51,52)26-15-16-26)42-33(47)30-18-25-21-45(30)34(48)31(37(2,3)4)41-36(50)53-22-38(5,6)17-10-9-12-23-13-11-14-28-27(23)19-29(44(28)7)32(46)40-25/h9,11-14,19,24-26,30-31H,8,10,15-18,20-22H2,1-7H3,(H,40,46)(H,41,50)(H,42,47)(H,43,49)/b12-9+/t24-,25+,30-,31+,39+/m0/s1. The largest absolute Gasteiger partial charge is 0.449 e. The molecule has 3 heterocycles. The van der Waals surface area contributed by atoms with Gasteiger partial charge in [0.15, 0.2) is 0 Å². The molecule has 2 aliphatic heterocycles. The van der Waals surface area contributed by atoms with E-state index < -0.39 is 68.2 Å². The average molecular weight is 767 g/mol. The number of sulfonamides is 1. The van der Waals surface area contributed by atoms with Crippen LogP contribution in [0, 0.1) is 16.7 Å². The molecular formula is C39H54N6O8S. The molecule has 5 amide bonds. The third kappa shape index (κ3) is 8.01. The minimum atomic E-state index is -3.88. The van der Waals surface area contributed by atoms with Crippen LogP contribution in [0.1, 0.15) is 103 Å². The number of amides is 5. The van der Waals surface area contributed by atoms with E-state index in [-0.39, 0.29) is 43.2 Å². The van der Waals surface area contributed by atoms with Crippen molar-refractivity contribution in [2.24, 2.45) is 23.8 Å². The van der Waals surface area contributed by atoms with Gasteiger partial charge in [-0.05, 0) is 73.0 Å². The molecule has 1 saturated heterocycles. The number of carbonyl (C=O) groups excluding carboxylic acids is 5. The fourth-order valence-electron chi connectivity index (χ4n) is 7.73. The van der Waals surface area contributed by atoms with Gasteiger partial charge in [-0.15, -0.1) is 0 Å². The number of nitrogens with zero attached hydrogens (tertiary/aromatic N) is 2. The quantitative estimate of drug-likeness (QED) is 0.343. The van der Waals surface area contributed by atoms with Crippen molar-refractivity contribution in [3.63, 3.8) is 0 Å². The molecular weight excluding hydrogens is 713 g/mol. The normalized spacial score (nSPS) is 28.5. The second kappa shape index (κ2) is 14.3. The molecule has 0 unspecified atom stereocenters. The number of cyclic esters (lactones) is 1. The first kappa shape index (κ1) is 39.3. The number of carbonyl (C=O) groups is 5. The summed E-state index contributed by atoms with van der Waals surface area (Å²) in [6.07, 6.45) is 6.48. The Morgan fingerprint density at radius 3 is 2.46 bits per heavy atom. The van der Waals surface area contributed by atoms with Crippen LogP contribution >= 0.6 is 0 Å². The van der Waals surface area contributed by atoms with Gasteiger partial charge in [0.2, 0.25) is 21.8 Å². The number of hydrogen-bond acceptors (Lipinski definition) is 8. The van der Waals surface area contributed by atoms with Crippen molar-refractivity contribution in [2.75, 3.05) is 13.2 Å². The second-order valence-corrected chi connectivity index (χ2v) is 19.3. The molecule has 14 nitrogen and oxygen atoms in total. The Morgan fingerprint density at radius 1 is 1.09 bits per heavy atom. The van der Waals surface area contributed by atoms with E-state index >= 15 is 0 Å². The van der Waals surface area contributed by atoms with Gasteiger partial charge in [-0.2, -0.15) is 0 Å². The zero-order chi connectivity index (χ0) is 39.4. The van der Waals surface area contributed by atoms with Crippen molar-refractivity contribution in [2.45, 2.75) is 115 Å². The van der Waals surface area contributed by atoms with Crippen molar-refractivity contribution in [1.29, 1.82) is 0 Å². The molecule has 4 bridgehead atoms. The van der Waals surface area contributed by atoms with E-state index in [4.69, 9.17) is 4.74 Å². The Kier molecular flexibility index (Phi) is 10.4. The van der Waals surface area contributed by atoms with Crippen LogP contribution in [-0.2, 0) is 36.2 Å². The zero-order valence-corrected chi connectivity index (χ0v) is 33.1. The lowest BCUT2D eigenvalue weighted by atomic mass is 9.85. The number of rotatable bonds is 6. The fourth-order valence-corrected chi connectivity index (χ4v) is 9.09. The number of aryl methyl sites for hydroxylation is 1. The lowest BCUT2D eigenvalue weighted by molar-refractivity contribution is -0.142. The van der Waals surface area contributed by atoms with Crippen LogP contribution in [0.3, 0.4) is 0 Å². The molecule has 2 aliphatic carbocycles. The first-order valence-electron chi connectivity index (χ1n) is 18.9. The molecule has 15 heteroatoms. The van der Waals surface area contributed by atoms with Gasteiger partial charge in [-0.3, -0.25) is 23.9 Å². The summed E-state index contributed by atoms with van der Waals surface area (Å²) < 4.78 is 35.1. The van der Waals surface area contributed by atoms with Gasteiger partial charge in [-0.25, -0.2) is 13.2 Å². The monoisotopic (exact) mass is 766 g/mol. The van der Waals surface area contributed by atoms with Crippen molar-refractivity contribution in [3.8, 4) is 0 Å². The van der Waals surface area contributed by atoms with Gasteiger partial charge in [-0.1, -0.05) is 72.2 Å². The minimum absolute atomic E-state index is 0.0195. The molecule has 2 aromatic rings. The van der Waals surface area contributed by atoms with E-state index in [9.17, 15) is 32.4 Å². The smallest absolute Gasteiger partial charge is 0.407 e. The van der Waals surface area contributed by atoms with Crippen molar-refractivity contribution in [3.05, 3.63) is 41.6 Å². The van der Waals surface area contributed by atoms with Crippen LogP contribution in [0.5, 0.6) is 0 Å². The molecule has 294 valence electrons. The third-order valence-electron chi connectivity index (χ3n) is 11.4. The van der Waals surface area contributed by atoms with Crippen LogP contribution < -0.4 is 20.7 Å². The first-order valence-corrected chi connectivity index (χ1v) is 20.5. The molecule has 5 atom stereocenters. The van der Waals surface area contributed by atoms with E-state index in [0.717, 1.165) is 22.9 Å². The highest BCUT2D eigenvalue weighted by Gasteiger charge is 2.62. The summed E-state index contributed by atoms with van der Waals surface area (Å²) in [7, 11) is -2.07. The summed E-state index contributed by atoms with van der Waals surface area (Å²) in [6.45, 7) is 11.3. The van der Waals surface area contributed by atoms with Crippen LogP contribution in [0.25, 0.3) is 17.0 Å². The Hall–Kier alpha value is -4.40. The highest BCUT2D eigenvalue weighted by Crippen LogP contribution is 2.47. The molecule has 0 spiro atoms. The number of aromatic nitrogens is 1. The molecule has 6 rings (SSSR count). The van der Waals surface area contributed by atoms with Crippen LogP contribution in [0.2, 0.25) is 0 Å². The van der Waals surface area contributed by atoms with E-state index in [1.165, 1.54) is 4.90 Å². The van der Waals surface area contributed by atoms with Gasteiger partial charge in [0, 0.05) is 30.5 Å². The summed E-state index contributed by atoms with van der Waals surface area (Å²) >= 11 is 0. The highest BCUT2D eigenvalue weighted by atomic mass is 32.2. The molecule has 0 radical (unpaired) electrons. The summed E-state index contributed by atoms with van der Waals surface area (Å²) in [5.41, 5.74) is -0.443. The SMILES string of the molecule is CC[C@H]1C[C@]1(NC(=O)[C@@H]1C[C@@H]2CN1C(=O)[C@H](C(C)(C)C)NC(=O)OCC(C)(C)CC/C=C/c1cccc3c1cc(n3C)C(=O)N2)C(=O)NS(=O)(=O)C1CC1. The Balaban J connectivity index is 1.34. The van der Waals surface area contributed by atoms with E-state index in [1.807, 2.05) is 62.7 Å². The molecule has 4 N–H and O–H groups in total. The summed E-state index contributed by atoms with van der Waals surface area (Å²) in [5, 5.41) is 8.90. The number of alkyl carbamates (subject to hydrolysis) is 1. The number of benzene rings is 1. The topological polar surface area (TPSA) is 185 Å². The summed E-state index contributed by atoms with van der Waals surface area (Å²) in [5.74, 6) is -2.68. The molecule has 4 aliphatic rings. The van der Waals surface area contributed by atoms with Crippen molar-refractivity contribution in [1.82, 2.24) is 30.1 Å². The lowest BCUT2D eigenvalue weighted by Crippen LogP contribution is -2.60. The van der Waals surface area contributed by atoms with Crippen molar-refractivity contribution < 1.29 is 37.1 Å². The van der Waals surface area contributed by atoms with Gasteiger partial charge in [0.1, 0.15) is 23.3 Å². The molecule has 54 heavy (non-hydrogen) atoms. The van der Waals surface area contributed by atoms with Crippen LogP contribution in [-0.4, -0.2) is 89.7 Å². The van der Waals surface area contributed by atoms with Gasteiger partial charge in [0.25, 0.3) is 11.8 Å². The third-order valence-corrected chi connectivity index (χ3v) is 13.2. The maximum absolute atomic E-state index is 14.6. The Labute approximate surface area is 317 Å². The maximum atomic E-state index is 14.6. The molecule has 2 saturated carbocycles. The zero-order valence-electron chi connectivity index (χ0n) is 32.3. The number of allylic oxidation sites excluding steroid dienone is 1. The number of fused-ring (bicyclic) bond motifs is 3. The Bertz CT molecular complexity index is 1990. The number of hydrogen-bond donors (Lipinski definition) is 4. The van der Waals surface area contributed by atoms with Crippen LogP contribution in [0.15, 0.2) is 30.3 Å². The average Bonchev–Trinajstić information content (AvgIpc) is 4.00. The minimum Gasteiger partial charge on any atom is -0.449 e. The van der Waals surface area contributed by atoms with E-state index in [2.05, 4.69) is 26.7 Å². The fraction of sp³-hybridized carbons (Fsp3) is 0.615. The van der Waals surface area contributed by atoms with Gasteiger partial charge in [0.05, 0.1) is 11.9 Å². The Morgan fingerprint density at radius 2 is 1.81 bits per heavy atom. The number of nitrogens with one attached hydrogen (secondary N) is 4. The lowest BCUT2D eigenvalue weighted by Gasteiger charge is -2.35. The highest BCUT2D eigenvalue weighted by molar-refractivity contribution is 7.91. The molecule has 3 fully saturated rings. The second-order valence-electron chi connectivity index (χ2n) is 17.4. The van der Waals surface area contributed by atoms with E-state index in [0.29, 0.717) is 31.4 Å². The predicted molar refractivity (Wildman–Crippen MR) is 203 cm³/mol. The van der Waals surface area contributed by atoms with Crippen LogP contribution in [0.4, 0.5) is 4.79 Å². The van der Waals surface area contributed by atoms with Gasteiger partial charge >= 0.3 is 6.09 Å². The first-order chi connectivity index (χ1) is 25.3. The van der Waals surface area contributed by atoms with E-state index in [1.54, 1.807) is 20.8 Å². The molecule has 1 aromatic carbocycles. The van der Waals surface area contributed by atoms with Gasteiger partial charge < -0.3 is 30.2 Å². The molecule has 1 aromatic heterocycles. The number of ether oxygens (including phenoxy) is 1.